The van der Waals surface area contributed by atoms with Crippen molar-refractivity contribution in [3.8, 4) is 0 Å². The first-order chi connectivity index (χ1) is 18.8. The standard InChI is InChI=1S/C31H41ClN4O3/c1-31(39-2)12-16-36(17-13-31)29(37)19-22-10-14-35(15-11-22)28-9-6-24(30(38)34-26-7-8-26)20-27(28)33-21-23-4-3-5-25(32)18-23/h3-6,9,18,20,22,26,33H,7-8,10-17,19,21H2,1-2H3,(H,34,38). The average molecular weight is 553 g/mol. The van der Waals surface area contributed by atoms with E-state index in [0.717, 1.165) is 81.6 Å². The zero-order valence-electron chi connectivity index (χ0n) is 23.2. The van der Waals surface area contributed by atoms with E-state index >= 15 is 0 Å². The minimum atomic E-state index is -0.102. The molecule has 1 saturated carbocycles. The number of benzene rings is 2. The molecule has 0 aromatic heterocycles. The maximum atomic E-state index is 13.0. The third kappa shape index (κ3) is 7.25. The van der Waals surface area contributed by atoms with Crippen molar-refractivity contribution >= 4 is 34.8 Å². The van der Waals surface area contributed by atoms with Crippen molar-refractivity contribution in [2.45, 2.75) is 70.1 Å². The van der Waals surface area contributed by atoms with Crippen LogP contribution in [0, 0.1) is 5.92 Å². The summed E-state index contributed by atoms with van der Waals surface area (Å²) in [7, 11) is 1.76. The lowest BCUT2D eigenvalue weighted by Gasteiger charge is -2.39. The van der Waals surface area contributed by atoms with Crippen LogP contribution in [-0.4, -0.2) is 61.6 Å². The van der Waals surface area contributed by atoms with Crippen LogP contribution < -0.4 is 15.5 Å². The van der Waals surface area contributed by atoms with Gasteiger partial charge in [0.15, 0.2) is 0 Å². The minimum Gasteiger partial charge on any atom is -0.379 e. The molecule has 1 aliphatic carbocycles. The average Bonchev–Trinajstić information content (AvgIpc) is 3.76. The monoisotopic (exact) mass is 552 g/mol. The van der Waals surface area contributed by atoms with E-state index in [2.05, 4.69) is 28.5 Å². The first kappa shape index (κ1) is 27.8. The molecule has 3 aliphatic rings. The molecule has 5 rings (SSSR count). The van der Waals surface area contributed by atoms with Gasteiger partial charge in [0.2, 0.25) is 5.91 Å². The molecule has 2 heterocycles. The molecule has 2 amide bonds. The van der Waals surface area contributed by atoms with E-state index in [4.69, 9.17) is 16.3 Å². The van der Waals surface area contributed by atoms with E-state index in [1.54, 1.807) is 7.11 Å². The SMILES string of the molecule is COC1(C)CCN(C(=O)CC2CCN(c3ccc(C(=O)NC4CC4)cc3NCc3cccc(Cl)c3)CC2)CC1. The van der Waals surface area contributed by atoms with Crippen molar-refractivity contribution in [2.75, 3.05) is 43.5 Å². The molecule has 2 aromatic rings. The molecule has 3 fully saturated rings. The molecule has 2 aliphatic heterocycles. The van der Waals surface area contributed by atoms with Crippen molar-refractivity contribution in [2.24, 2.45) is 5.92 Å². The van der Waals surface area contributed by atoms with E-state index in [1.807, 2.05) is 41.3 Å². The van der Waals surface area contributed by atoms with Crippen LogP contribution in [0.2, 0.25) is 5.02 Å². The number of methoxy groups -OCH3 is 1. The molecule has 0 bridgehead atoms. The summed E-state index contributed by atoms with van der Waals surface area (Å²) in [4.78, 5) is 30.2. The number of hydrogen-bond donors (Lipinski definition) is 2. The number of piperidine rings is 2. The van der Waals surface area contributed by atoms with Gasteiger partial charge in [-0.1, -0.05) is 23.7 Å². The number of ether oxygens (including phenoxy) is 1. The minimum absolute atomic E-state index is 0.0180. The van der Waals surface area contributed by atoms with Gasteiger partial charge in [-0.2, -0.15) is 0 Å². The Morgan fingerprint density at radius 3 is 2.44 bits per heavy atom. The molecular weight excluding hydrogens is 512 g/mol. The van der Waals surface area contributed by atoms with Crippen molar-refractivity contribution in [1.82, 2.24) is 10.2 Å². The zero-order valence-corrected chi connectivity index (χ0v) is 23.9. The lowest BCUT2D eigenvalue weighted by Crippen LogP contribution is -2.46. The fraction of sp³-hybridized carbons (Fsp3) is 0.548. The molecule has 7 nitrogen and oxygen atoms in total. The van der Waals surface area contributed by atoms with E-state index < -0.39 is 0 Å². The van der Waals surface area contributed by atoms with Crippen molar-refractivity contribution in [1.29, 1.82) is 0 Å². The normalized spacial score (nSPS) is 19.6. The maximum absolute atomic E-state index is 13.0. The fourth-order valence-corrected chi connectivity index (χ4v) is 5.84. The highest BCUT2D eigenvalue weighted by Gasteiger charge is 2.33. The summed E-state index contributed by atoms with van der Waals surface area (Å²) >= 11 is 6.20. The van der Waals surface area contributed by atoms with Crippen LogP contribution in [0.1, 0.15) is 67.8 Å². The molecule has 2 N–H and O–H groups in total. The maximum Gasteiger partial charge on any atom is 0.251 e. The number of anilines is 2. The van der Waals surface area contributed by atoms with Gasteiger partial charge in [-0.05, 0) is 87.3 Å². The van der Waals surface area contributed by atoms with Crippen LogP contribution in [0.3, 0.4) is 0 Å². The van der Waals surface area contributed by atoms with Crippen molar-refractivity contribution < 1.29 is 14.3 Å². The number of hydrogen-bond acceptors (Lipinski definition) is 5. The van der Waals surface area contributed by atoms with Crippen LogP contribution >= 0.6 is 11.6 Å². The van der Waals surface area contributed by atoms with E-state index in [1.165, 1.54) is 0 Å². The molecule has 0 radical (unpaired) electrons. The largest absolute Gasteiger partial charge is 0.379 e. The Hall–Kier alpha value is -2.77. The Labute approximate surface area is 237 Å². The van der Waals surface area contributed by atoms with Gasteiger partial charge in [-0.15, -0.1) is 0 Å². The highest BCUT2D eigenvalue weighted by atomic mass is 35.5. The molecule has 0 atom stereocenters. The Morgan fingerprint density at radius 1 is 1.03 bits per heavy atom. The molecule has 0 spiro atoms. The first-order valence-corrected chi connectivity index (χ1v) is 14.7. The zero-order chi connectivity index (χ0) is 27.4. The lowest BCUT2D eigenvalue weighted by atomic mass is 9.90. The number of rotatable bonds is 9. The lowest BCUT2D eigenvalue weighted by molar-refractivity contribution is -0.137. The number of carbonyl (C=O) groups is 2. The summed E-state index contributed by atoms with van der Waals surface area (Å²) in [6, 6.07) is 14.1. The molecular formula is C31H41ClN4O3. The van der Waals surface area contributed by atoms with Crippen molar-refractivity contribution in [3.63, 3.8) is 0 Å². The molecule has 39 heavy (non-hydrogen) atoms. The number of halogens is 1. The number of amides is 2. The summed E-state index contributed by atoms with van der Waals surface area (Å²) in [6.07, 6.45) is 6.50. The predicted octanol–water partition coefficient (Wildman–Crippen LogP) is 5.48. The molecule has 8 heteroatoms. The van der Waals surface area contributed by atoms with Gasteiger partial charge in [-0.3, -0.25) is 9.59 Å². The van der Waals surface area contributed by atoms with Gasteiger partial charge in [0.25, 0.3) is 5.91 Å². The van der Waals surface area contributed by atoms with E-state index in [9.17, 15) is 9.59 Å². The van der Waals surface area contributed by atoms with Gasteiger partial charge >= 0.3 is 0 Å². The predicted molar refractivity (Wildman–Crippen MR) is 156 cm³/mol. The summed E-state index contributed by atoms with van der Waals surface area (Å²) < 4.78 is 5.63. The van der Waals surface area contributed by atoms with Gasteiger partial charge in [0.1, 0.15) is 0 Å². The first-order valence-electron chi connectivity index (χ1n) is 14.3. The third-order valence-corrected chi connectivity index (χ3v) is 8.86. The second-order valence-electron chi connectivity index (χ2n) is 11.6. The van der Waals surface area contributed by atoms with E-state index in [0.29, 0.717) is 35.5 Å². The number of nitrogens with one attached hydrogen (secondary N) is 2. The Kier molecular flexibility index (Phi) is 8.67. The quantitative estimate of drug-likeness (QED) is 0.431. The number of carbonyl (C=O) groups excluding carboxylic acids is 2. The highest BCUT2D eigenvalue weighted by molar-refractivity contribution is 6.30. The second-order valence-corrected chi connectivity index (χ2v) is 12.1. The summed E-state index contributed by atoms with van der Waals surface area (Å²) in [5.41, 5.74) is 3.70. The van der Waals surface area contributed by atoms with Crippen LogP contribution in [0.25, 0.3) is 0 Å². The second kappa shape index (κ2) is 12.2. The summed E-state index contributed by atoms with van der Waals surface area (Å²) in [6.45, 7) is 6.09. The van der Waals surface area contributed by atoms with Crippen LogP contribution in [0.5, 0.6) is 0 Å². The van der Waals surface area contributed by atoms with Crippen LogP contribution in [0.4, 0.5) is 11.4 Å². The van der Waals surface area contributed by atoms with Gasteiger partial charge < -0.3 is 25.2 Å². The molecule has 2 saturated heterocycles. The van der Waals surface area contributed by atoms with Crippen LogP contribution in [-0.2, 0) is 16.1 Å². The topological polar surface area (TPSA) is 73.9 Å². The van der Waals surface area contributed by atoms with Gasteiger partial charge in [0, 0.05) is 62.9 Å². The molecule has 2 aromatic carbocycles. The molecule has 210 valence electrons. The van der Waals surface area contributed by atoms with Crippen LogP contribution in [0.15, 0.2) is 42.5 Å². The summed E-state index contributed by atoms with van der Waals surface area (Å²) in [5.74, 6) is 0.660. The highest BCUT2D eigenvalue weighted by Crippen LogP contribution is 2.33. The summed E-state index contributed by atoms with van der Waals surface area (Å²) in [5, 5.41) is 7.37. The van der Waals surface area contributed by atoms with Gasteiger partial charge in [0.05, 0.1) is 17.0 Å². The number of nitrogens with zero attached hydrogens (tertiary/aromatic N) is 2. The third-order valence-electron chi connectivity index (χ3n) is 8.63. The van der Waals surface area contributed by atoms with Crippen molar-refractivity contribution in [3.05, 3.63) is 58.6 Å². The fourth-order valence-electron chi connectivity index (χ4n) is 5.62. The molecule has 0 unspecified atom stereocenters. The smallest absolute Gasteiger partial charge is 0.251 e. The van der Waals surface area contributed by atoms with Gasteiger partial charge in [-0.25, -0.2) is 0 Å². The Bertz CT molecular complexity index is 1170. The Balaban J connectivity index is 1.21. The van der Waals surface area contributed by atoms with E-state index in [-0.39, 0.29) is 17.4 Å². The number of likely N-dealkylation sites (tertiary alicyclic amines) is 1. The Morgan fingerprint density at radius 2 is 1.77 bits per heavy atom.